The minimum absolute atomic E-state index is 0.419. The van der Waals surface area contributed by atoms with Crippen LogP contribution in [-0.2, 0) is 4.74 Å². The Morgan fingerprint density at radius 2 is 1.67 bits per heavy atom. The first kappa shape index (κ1) is 18.6. The number of aromatic nitrogens is 4. The zero-order valence-electron chi connectivity index (χ0n) is 15.9. The van der Waals surface area contributed by atoms with Gasteiger partial charge in [-0.25, -0.2) is 9.89 Å². The highest BCUT2D eigenvalue weighted by Gasteiger charge is 2.30. The van der Waals surface area contributed by atoms with Gasteiger partial charge in [0.15, 0.2) is 5.82 Å². The summed E-state index contributed by atoms with van der Waals surface area (Å²) < 4.78 is 5.59. The van der Waals surface area contributed by atoms with Crippen LogP contribution in [0.3, 0.4) is 0 Å². The summed E-state index contributed by atoms with van der Waals surface area (Å²) in [5.74, 6) is 0.480. The van der Waals surface area contributed by atoms with Crippen molar-refractivity contribution in [3.63, 3.8) is 0 Å². The Hall–Kier alpha value is -3.22. The van der Waals surface area contributed by atoms with Crippen LogP contribution in [-0.4, -0.2) is 32.3 Å². The molecule has 0 fully saturated rings. The molecule has 1 aromatic heterocycles. The molecule has 2 aromatic carbocycles. The number of carbonyl (C=O) groups is 1. The van der Waals surface area contributed by atoms with Crippen molar-refractivity contribution >= 4 is 11.8 Å². The molecule has 0 saturated carbocycles. The number of hydrogen-bond donors (Lipinski definition) is 1. The molecule has 1 N–H and O–H groups in total. The lowest BCUT2D eigenvalue weighted by Gasteiger charge is -2.30. The van der Waals surface area contributed by atoms with Crippen LogP contribution in [0.15, 0.2) is 54.6 Å². The first-order valence-electron chi connectivity index (χ1n) is 8.76. The zero-order chi connectivity index (χ0) is 19.4. The van der Waals surface area contributed by atoms with E-state index in [0.29, 0.717) is 11.5 Å². The van der Waals surface area contributed by atoms with Crippen LogP contribution in [0.5, 0.6) is 0 Å². The van der Waals surface area contributed by atoms with Gasteiger partial charge < -0.3 is 4.74 Å². The molecule has 0 saturated heterocycles. The molecule has 1 unspecified atom stereocenters. The summed E-state index contributed by atoms with van der Waals surface area (Å²) >= 11 is 0. The maximum absolute atomic E-state index is 12.9. The molecule has 140 valence electrons. The summed E-state index contributed by atoms with van der Waals surface area (Å²) in [7, 11) is 0. The van der Waals surface area contributed by atoms with Gasteiger partial charge in [-0.2, -0.15) is 0 Å². The molecule has 1 amide bonds. The summed E-state index contributed by atoms with van der Waals surface area (Å²) in [6.07, 6.45) is -0.459. The van der Waals surface area contributed by atoms with Gasteiger partial charge in [0, 0.05) is 5.69 Å². The van der Waals surface area contributed by atoms with Crippen LogP contribution >= 0.6 is 0 Å². The Balaban J connectivity index is 1.93. The number of tetrazole rings is 1. The molecule has 0 spiro atoms. The van der Waals surface area contributed by atoms with Crippen LogP contribution in [0.1, 0.15) is 39.6 Å². The van der Waals surface area contributed by atoms with E-state index < -0.39 is 17.7 Å². The Labute approximate surface area is 158 Å². The molecular weight excluding hydrogens is 342 g/mol. The third-order valence-corrected chi connectivity index (χ3v) is 3.99. The van der Waals surface area contributed by atoms with Crippen LogP contribution < -0.4 is 4.90 Å². The molecule has 0 aliphatic heterocycles. The van der Waals surface area contributed by atoms with Crippen molar-refractivity contribution in [3.05, 3.63) is 60.4 Å². The molecule has 0 radical (unpaired) electrons. The fraction of sp³-hybridized carbons (Fsp3) is 0.300. The van der Waals surface area contributed by atoms with E-state index in [-0.39, 0.29) is 0 Å². The minimum atomic E-state index is -0.612. The highest BCUT2D eigenvalue weighted by molar-refractivity contribution is 5.89. The fourth-order valence-electron chi connectivity index (χ4n) is 2.71. The number of carbonyl (C=O) groups excluding carboxylic acids is 1. The van der Waals surface area contributed by atoms with Crippen molar-refractivity contribution < 1.29 is 9.53 Å². The number of hydrogen-bond acceptors (Lipinski definition) is 5. The second kappa shape index (κ2) is 7.57. The number of ether oxygens (including phenoxy) is 1. The lowest BCUT2D eigenvalue weighted by molar-refractivity contribution is 0.0566. The molecule has 27 heavy (non-hydrogen) atoms. The molecule has 3 rings (SSSR count). The Morgan fingerprint density at radius 3 is 2.22 bits per heavy atom. The van der Waals surface area contributed by atoms with E-state index in [4.69, 9.17) is 4.74 Å². The van der Waals surface area contributed by atoms with Crippen molar-refractivity contribution in [2.45, 2.75) is 39.3 Å². The van der Waals surface area contributed by atoms with Gasteiger partial charge in [0.1, 0.15) is 5.60 Å². The van der Waals surface area contributed by atoms with Gasteiger partial charge in [-0.15, -0.1) is 5.10 Å². The lowest BCUT2D eigenvalue weighted by atomic mass is 10.1. The van der Waals surface area contributed by atoms with Gasteiger partial charge >= 0.3 is 6.09 Å². The Morgan fingerprint density at radius 1 is 1.04 bits per heavy atom. The number of aromatic amines is 1. The van der Waals surface area contributed by atoms with Crippen molar-refractivity contribution in [3.8, 4) is 11.1 Å². The summed E-state index contributed by atoms with van der Waals surface area (Å²) in [6.45, 7) is 7.35. The lowest BCUT2D eigenvalue weighted by Crippen LogP contribution is -2.39. The standard InChI is InChI=1S/C20H23N5O2/c1-14(18-21-23-24-22-18)25(19(26)27-20(2,3)4)17-12-10-16(11-13-17)15-8-6-5-7-9-15/h5-14H,1-4H3,(H,21,22,23,24). The average molecular weight is 365 g/mol. The van der Waals surface area contributed by atoms with Gasteiger partial charge in [-0.3, -0.25) is 4.90 Å². The normalized spacial score (nSPS) is 12.4. The highest BCUT2D eigenvalue weighted by Crippen LogP contribution is 2.29. The van der Waals surface area contributed by atoms with Gasteiger partial charge in [0.25, 0.3) is 0 Å². The largest absolute Gasteiger partial charge is 0.443 e. The monoisotopic (exact) mass is 365 g/mol. The first-order valence-corrected chi connectivity index (χ1v) is 8.76. The van der Waals surface area contributed by atoms with E-state index in [9.17, 15) is 4.79 Å². The second-order valence-electron chi connectivity index (χ2n) is 7.23. The van der Waals surface area contributed by atoms with Crippen LogP contribution in [0, 0.1) is 0 Å². The van der Waals surface area contributed by atoms with Gasteiger partial charge in [0.2, 0.25) is 0 Å². The molecule has 1 atom stereocenters. The van der Waals surface area contributed by atoms with Gasteiger partial charge in [0.05, 0.1) is 6.04 Å². The molecule has 0 aliphatic rings. The van der Waals surface area contributed by atoms with Crippen LogP contribution in [0.4, 0.5) is 10.5 Å². The average Bonchev–Trinajstić information content (AvgIpc) is 3.16. The van der Waals surface area contributed by atoms with Crippen LogP contribution in [0.2, 0.25) is 0 Å². The summed E-state index contributed by atoms with van der Waals surface area (Å²) in [4.78, 5) is 14.4. The molecule has 0 aliphatic carbocycles. The fourth-order valence-corrected chi connectivity index (χ4v) is 2.71. The Kier molecular flexibility index (Phi) is 5.21. The third-order valence-electron chi connectivity index (χ3n) is 3.99. The maximum atomic E-state index is 12.9. The van der Waals surface area contributed by atoms with Crippen molar-refractivity contribution in [2.24, 2.45) is 0 Å². The maximum Gasteiger partial charge on any atom is 0.415 e. The third kappa shape index (κ3) is 4.49. The molecule has 0 bridgehead atoms. The topological polar surface area (TPSA) is 84.0 Å². The summed E-state index contributed by atoms with van der Waals surface area (Å²) in [6, 6.07) is 17.4. The van der Waals surface area contributed by atoms with Crippen molar-refractivity contribution in [2.75, 3.05) is 4.90 Å². The number of benzene rings is 2. The molecule has 7 heteroatoms. The number of nitrogens with zero attached hydrogens (tertiary/aromatic N) is 4. The minimum Gasteiger partial charge on any atom is -0.443 e. The van der Waals surface area contributed by atoms with E-state index in [2.05, 4.69) is 20.6 Å². The number of amides is 1. The van der Waals surface area contributed by atoms with E-state index in [1.54, 1.807) is 4.90 Å². The van der Waals surface area contributed by atoms with E-state index in [0.717, 1.165) is 11.1 Å². The predicted molar refractivity (Wildman–Crippen MR) is 103 cm³/mol. The summed E-state index contributed by atoms with van der Waals surface area (Å²) in [5.41, 5.74) is 2.27. The molecular formula is C20H23N5O2. The number of anilines is 1. The van der Waals surface area contributed by atoms with Crippen LogP contribution in [0.25, 0.3) is 11.1 Å². The van der Waals surface area contributed by atoms with Gasteiger partial charge in [-0.1, -0.05) is 42.5 Å². The highest BCUT2D eigenvalue weighted by atomic mass is 16.6. The number of rotatable bonds is 4. The van der Waals surface area contributed by atoms with Crippen molar-refractivity contribution in [1.82, 2.24) is 20.6 Å². The quantitative estimate of drug-likeness (QED) is 0.742. The predicted octanol–water partition coefficient (Wildman–Crippen LogP) is 4.37. The van der Waals surface area contributed by atoms with Gasteiger partial charge in [-0.05, 0) is 61.4 Å². The number of nitrogens with one attached hydrogen (secondary N) is 1. The SMILES string of the molecule is CC(c1nnn[nH]1)N(C(=O)OC(C)(C)C)c1ccc(-c2ccccc2)cc1. The van der Waals surface area contributed by atoms with E-state index in [1.807, 2.05) is 82.3 Å². The van der Waals surface area contributed by atoms with E-state index in [1.165, 1.54) is 0 Å². The number of H-pyrrole nitrogens is 1. The summed E-state index contributed by atoms with van der Waals surface area (Å²) in [5, 5.41) is 13.9. The molecule has 1 heterocycles. The second-order valence-corrected chi connectivity index (χ2v) is 7.23. The molecule has 3 aromatic rings. The first-order chi connectivity index (χ1) is 12.8. The smallest absolute Gasteiger partial charge is 0.415 e. The molecule has 7 nitrogen and oxygen atoms in total. The van der Waals surface area contributed by atoms with Crippen molar-refractivity contribution in [1.29, 1.82) is 0 Å². The Bertz CT molecular complexity index is 871. The van der Waals surface area contributed by atoms with E-state index >= 15 is 0 Å². The zero-order valence-corrected chi connectivity index (χ0v) is 15.9.